The maximum atomic E-state index is 13.4. The van der Waals surface area contributed by atoms with E-state index in [1.165, 1.54) is 11.0 Å². The van der Waals surface area contributed by atoms with Crippen LogP contribution in [-0.2, 0) is 19.6 Å². The van der Waals surface area contributed by atoms with Gasteiger partial charge >= 0.3 is 0 Å². The highest BCUT2D eigenvalue weighted by molar-refractivity contribution is 7.92. The van der Waals surface area contributed by atoms with Crippen molar-refractivity contribution in [2.45, 2.75) is 31.1 Å². The molecule has 0 radical (unpaired) electrons. The zero-order chi connectivity index (χ0) is 21.5. The van der Waals surface area contributed by atoms with Crippen LogP contribution in [0.2, 0.25) is 0 Å². The van der Waals surface area contributed by atoms with Crippen LogP contribution in [-0.4, -0.2) is 36.7 Å². The molecule has 1 aliphatic rings. The number of aromatic nitrogens is 1. The molecule has 2 aromatic carbocycles. The van der Waals surface area contributed by atoms with E-state index in [1.54, 1.807) is 50.4 Å². The van der Waals surface area contributed by atoms with Crippen molar-refractivity contribution in [3.05, 3.63) is 65.9 Å². The number of nitrogens with one attached hydrogen (secondary N) is 1. The molecule has 1 N–H and O–H groups in total. The quantitative estimate of drug-likeness (QED) is 0.636. The lowest BCUT2D eigenvalue weighted by atomic mass is 9.96. The minimum Gasteiger partial charge on any atom is -0.282 e. The molecule has 0 saturated carbocycles. The lowest BCUT2D eigenvalue weighted by molar-refractivity contribution is -0.138. The first-order chi connectivity index (χ1) is 14.3. The van der Waals surface area contributed by atoms with Gasteiger partial charge in [0.15, 0.2) is 0 Å². The van der Waals surface area contributed by atoms with Crippen LogP contribution in [0.25, 0.3) is 10.9 Å². The minimum absolute atomic E-state index is 0.000428. The second kappa shape index (κ2) is 7.53. The summed E-state index contributed by atoms with van der Waals surface area (Å²) in [4.78, 5) is 30.4. The van der Waals surface area contributed by atoms with Crippen molar-refractivity contribution in [1.29, 1.82) is 0 Å². The predicted octanol–water partition coefficient (Wildman–Crippen LogP) is 3.21. The van der Waals surface area contributed by atoms with Crippen molar-refractivity contribution in [3.8, 4) is 0 Å². The van der Waals surface area contributed by atoms with E-state index in [0.717, 1.165) is 10.9 Å². The molecule has 30 heavy (non-hydrogen) atoms. The largest absolute Gasteiger partial charge is 0.282 e. The number of rotatable bonds is 5. The summed E-state index contributed by atoms with van der Waals surface area (Å²) in [6.07, 6.45) is 1.56. The second-order valence-corrected chi connectivity index (χ2v) is 8.91. The number of imide groups is 1. The van der Waals surface area contributed by atoms with E-state index in [9.17, 15) is 18.0 Å². The standard InChI is InChI=1S/C22H21N3O4S/c1-3-25-20(26)13-17(22(25)27)16-10-9-14(2)12-19(16)30(28,29)24-18-8-4-6-15-7-5-11-23-21(15)18/h4-12,17,24H,3,13H2,1-2H3. The Hall–Kier alpha value is -3.26. The number of likely N-dealkylation sites (N-methyl/N-ethyl adjacent to an activating group) is 1. The highest BCUT2D eigenvalue weighted by atomic mass is 32.2. The van der Waals surface area contributed by atoms with Gasteiger partial charge in [-0.25, -0.2) is 8.42 Å². The van der Waals surface area contributed by atoms with Crippen LogP contribution in [0, 0.1) is 6.92 Å². The molecule has 0 spiro atoms. The average Bonchev–Trinajstić information content (AvgIpc) is 3.01. The van der Waals surface area contributed by atoms with Crippen LogP contribution < -0.4 is 4.72 Å². The van der Waals surface area contributed by atoms with E-state index in [0.29, 0.717) is 16.8 Å². The smallest absolute Gasteiger partial charge is 0.262 e. The lowest BCUT2D eigenvalue weighted by Crippen LogP contribution is -2.30. The maximum absolute atomic E-state index is 13.4. The van der Waals surface area contributed by atoms with E-state index in [-0.39, 0.29) is 29.7 Å². The summed E-state index contributed by atoms with van der Waals surface area (Å²) in [5, 5.41) is 0.803. The number of sulfonamides is 1. The number of amides is 2. The van der Waals surface area contributed by atoms with Crippen LogP contribution in [0.15, 0.2) is 59.6 Å². The van der Waals surface area contributed by atoms with Crippen LogP contribution in [0.3, 0.4) is 0 Å². The normalized spacial score (nSPS) is 17.0. The van der Waals surface area contributed by atoms with Gasteiger partial charge in [-0.1, -0.05) is 30.3 Å². The molecule has 0 bridgehead atoms. The average molecular weight is 423 g/mol. The molecule has 1 fully saturated rings. The number of fused-ring (bicyclic) bond motifs is 1. The number of hydrogen-bond donors (Lipinski definition) is 1. The fourth-order valence-corrected chi connectivity index (χ4v) is 5.23. The lowest BCUT2D eigenvalue weighted by Gasteiger charge is -2.17. The van der Waals surface area contributed by atoms with Gasteiger partial charge in [-0.05, 0) is 43.2 Å². The molecule has 3 aromatic rings. The Balaban J connectivity index is 1.79. The number of hydrogen-bond acceptors (Lipinski definition) is 5. The zero-order valence-corrected chi connectivity index (χ0v) is 17.4. The number of likely N-dealkylation sites (tertiary alicyclic amines) is 1. The first-order valence-electron chi connectivity index (χ1n) is 9.63. The maximum Gasteiger partial charge on any atom is 0.262 e. The monoisotopic (exact) mass is 423 g/mol. The summed E-state index contributed by atoms with van der Waals surface area (Å²) in [6, 6.07) is 13.8. The van der Waals surface area contributed by atoms with Crippen molar-refractivity contribution < 1.29 is 18.0 Å². The van der Waals surface area contributed by atoms with Gasteiger partial charge in [0.25, 0.3) is 10.0 Å². The van der Waals surface area contributed by atoms with Crippen LogP contribution in [0.5, 0.6) is 0 Å². The molecule has 1 unspecified atom stereocenters. The van der Waals surface area contributed by atoms with Gasteiger partial charge in [0.2, 0.25) is 11.8 Å². The van der Waals surface area contributed by atoms with Crippen LogP contribution >= 0.6 is 0 Å². The van der Waals surface area contributed by atoms with Crippen molar-refractivity contribution in [1.82, 2.24) is 9.88 Å². The molecule has 7 nitrogen and oxygen atoms in total. The Labute approximate surface area is 174 Å². The summed E-state index contributed by atoms with van der Waals surface area (Å²) < 4.78 is 29.4. The predicted molar refractivity (Wildman–Crippen MR) is 113 cm³/mol. The molecule has 1 atom stereocenters. The number of carbonyl (C=O) groups is 2. The topological polar surface area (TPSA) is 96.4 Å². The van der Waals surface area contributed by atoms with E-state index in [1.807, 2.05) is 12.1 Å². The summed E-state index contributed by atoms with van der Waals surface area (Å²) >= 11 is 0. The molecule has 1 aromatic heterocycles. The van der Waals surface area contributed by atoms with Gasteiger partial charge in [0, 0.05) is 24.5 Å². The third-order valence-corrected chi connectivity index (χ3v) is 6.69. The van der Waals surface area contributed by atoms with Crippen molar-refractivity contribution >= 4 is 38.4 Å². The third kappa shape index (κ3) is 3.43. The first-order valence-corrected chi connectivity index (χ1v) is 11.1. The summed E-state index contributed by atoms with van der Waals surface area (Å²) in [5.74, 6) is -1.47. The number of anilines is 1. The molecular formula is C22H21N3O4S. The Bertz CT molecular complexity index is 1270. The number of aryl methyl sites for hydroxylation is 1. The third-order valence-electron chi connectivity index (χ3n) is 5.27. The van der Waals surface area contributed by atoms with Gasteiger partial charge in [0.1, 0.15) is 0 Å². The molecule has 2 amide bonds. The van der Waals surface area contributed by atoms with Gasteiger partial charge in [-0.3, -0.25) is 24.2 Å². The van der Waals surface area contributed by atoms with Crippen molar-refractivity contribution in [2.24, 2.45) is 0 Å². The second-order valence-electron chi connectivity index (χ2n) is 7.26. The highest BCUT2D eigenvalue weighted by Crippen LogP contribution is 2.35. The molecule has 1 saturated heterocycles. The Kier molecular flexibility index (Phi) is 5.03. The Morgan fingerprint density at radius 2 is 1.90 bits per heavy atom. The number of carbonyl (C=O) groups excluding carboxylic acids is 2. The highest BCUT2D eigenvalue weighted by Gasteiger charge is 2.40. The van der Waals surface area contributed by atoms with Gasteiger partial charge in [-0.2, -0.15) is 0 Å². The fraction of sp³-hybridized carbons (Fsp3) is 0.227. The SMILES string of the molecule is CCN1C(=O)CC(c2ccc(C)cc2S(=O)(=O)Nc2cccc3cccnc23)C1=O. The minimum atomic E-state index is -4.03. The first kappa shape index (κ1) is 20.0. The molecule has 4 rings (SSSR count). The van der Waals surface area contributed by atoms with Crippen molar-refractivity contribution in [3.63, 3.8) is 0 Å². The Morgan fingerprint density at radius 3 is 2.63 bits per heavy atom. The number of pyridine rings is 1. The van der Waals surface area contributed by atoms with E-state index in [2.05, 4.69) is 9.71 Å². The number of benzene rings is 2. The summed E-state index contributed by atoms with van der Waals surface area (Å²) in [5.41, 5.74) is 1.95. The molecule has 8 heteroatoms. The number of nitrogens with zero attached hydrogens (tertiary/aromatic N) is 2. The van der Waals surface area contributed by atoms with E-state index in [4.69, 9.17) is 0 Å². The zero-order valence-electron chi connectivity index (χ0n) is 16.6. The molecule has 1 aliphatic heterocycles. The van der Waals surface area contributed by atoms with Crippen LogP contribution in [0.1, 0.15) is 30.4 Å². The van der Waals surface area contributed by atoms with Gasteiger partial charge in [-0.15, -0.1) is 0 Å². The molecular weight excluding hydrogens is 402 g/mol. The Morgan fingerprint density at radius 1 is 1.13 bits per heavy atom. The molecule has 2 heterocycles. The van der Waals surface area contributed by atoms with Crippen molar-refractivity contribution in [2.75, 3.05) is 11.3 Å². The van der Waals surface area contributed by atoms with E-state index >= 15 is 0 Å². The number of para-hydroxylation sites is 1. The van der Waals surface area contributed by atoms with Gasteiger partial charge in [0.05, 0.1) is 22.0 Å². The van der Waals surface area contributed by atoms with E-state index < -0.39 is 15.9 Å². The van der Waals surface area contributed by atoms with Crippen LogP contribution in [0.4, 0.5) is 5.69 Å². The summed E-state index contributed by atoms with van der Waals surface area (Å²) in [7, 11) is -4.03. The molecule has 0 aliphatic carbocycles. The molecule has 154 valence electrons. The fourth-order valence-electron chi connectivity index (χ4n) is 3.81. The van der Waals surface area contributed by atoms with Gasteiger partial charge < -0.3 is 0 Å². The summed E-state index contributed by atoms with van der Waals surface area (Å²) in [6.45, 7) is 3.77.